The molecule has 0 spiro atoms. The van der Waals surface area contributed by atoms with Crippen LogP contribution in [-0.2, 0) is 37.6 Å². The number of carbonyl (C=O) groups excluding carboxylic acids is 1. The molecule has 41 heavy (non-hydrogen) atoms. The molecule has 7 atom stereocenters. The molecule has 2 fully saturated rings. The van der Waals surface area contributed by atoms with Crippen molar-refractivity contribution in [2.24, 2.45) is 0 Å². The third-order valence-electron chi connectivity index (χ3n) is 6.71. The third kappa shape index (κ3) is 6.09. The van der Waals surface area contributed by atoms with Gasteiger partial charge >= 0.3 is 13.7 Å². The van der Waals surface area contributed by atoms with Crippen LogP contribution in [0.5, 0.6) is 5.75 Å². The summed E-state index contributed by atoms with van der Waals surface area (Å²) in [5.41, 5.74) is 6.08. The van der Waals surface area contributed by atoms with Gasteiger partial charge in [-0.1, -0.05) is 18.2 Å². The average molecular weight is 592 g/mol. The number of nitrogens with one attached hydrogen (secondary N) is 1. The molecular formula is C26H34N5O9P. The summed E-state index contributed by atoms with van der Waals surface area (Å²) in [6, 6.07) is 11.1. The maximum Gasteiger partial charge on any atom is 0.459 e. The van der Waals surface area contributed by atoms with Crippen molar-refractivity contribution in [1.82, 2.24) is 19.7 Å². The molecule has 0 amide bonds. The Kier molecular flexibility index (Phi) is 8.62. The van der Waals surface area contributed by atoms with Crippen LogP contribution in [0.15, 0.2) is 48.8 Å². The molecule has 3 N–H and O–H groups in total. The Morgan fingerprint density at radius 2 is 1.98 bits per heavy atom. The largest absolute Gasteiger partial charge is 0.465 e. The van der Waals surface area contributed by atoms with Crippen LogP contribution in [0, 0.1) is 0 Å². The van der Waals surface area contributed by atoms with E-state index in [1.54, 1.807) is 54.8 Å². The molecule has 5 rings (SSSR count). The molecule has 222 valence electrons. The fourth-order valence-corrected chi connectivity index (χ4v) is 6.39. The molecule has 2 aliphatic rings. The predicted octanol–water partition coefficient (Wildman–Crippen LogP) is 2.99. The summed E-state index contributed by atoms with van der Waals surface area (Å²) in [6.07, 6.45) is -0.656. The highest BCUT2D eigenvalue weighted by atomic mass is 31.2. The lowest BCUT2D eigenvalue weighted by molar-refractivity contribution is -0.271. The summed E-state index contributed by atoms with van der Waals surface area (Å²) in [5.74, 6) is -0.0187. The number of ether oxygens (including phenoxy) is 5. The molecule has 15 heteroatoms. The van der Waals surface area contributed by atoms with Crippen LogP contribution < -0.4 is 15.3 Å². The molecule has 14 nitrogen and oxygen atoms in total. The van der Waals surface area contributed by atoms with E-state index < -0.39 is 50.1 Å². The first-order chi connectivity index (χ1) is 19.7. The number of rotatable bonds is 12. The lowest BCUT2D eigenvalue weighted by Crippen LogP contribution is -2.44. The summed E-state index contributed by atoms with van der Waals surface area (Å²) in [6.45, 7) is 6.08. The second-order valence-electron chi connectivity index (χ2n) is 9.73. The number of hydrogen-bond acceptors (Lipinski definition) is 12. The SMILES string of the molecule is CCOC(=O)[C@H](C)N[P@](=O)(OC[C@@]1(C)O[C@@H](c2ccc3c(N)ncnn23)[C@@H]2OC(OCC)O[C@@H]21)Oc1ccccc1. The molecule has 0 bridgehead atoms. The second kappa shape index (κ2) is 12.0. The fourth-order valence-electron chi connectivity index (χ4n) is 4.80. The van der Waals surface area contributed by atoms with Gasteiger partial charge in [-0.05, 0) is 52.0 Å². The first-order valence-electron chi connectivity index (χ1n) is 13.3. The van der Waals surface area contributed by atoms with Crippen molar-refractivity contribution in [3.63, 3.8) is 0 Å². The number of carbonyl (C=O) groups is 1. The molecule has 0 saturated carbocycles. The van der Waals surface area contributed by atoms with Crippen molar-refractivity contribution in [3.05, 3.63) is 54.5 Å². The number of nitrogens with zero attached hydrogens (tertiary/aromatic N) is 3. The van der Waals surface area contributed by atoms with Crippen LogP contribution in [-0.4, -0.2) is 70.7 Å². The van der Waals surface area contributed by atoms with Crippen molar-refractivity contribution in [2.45, 2.75) is 64.1 Å². The van der Waals surface area contributed by atoms with Crippen LogP contribution in [0.25, 0.3) is 5.52 Å². The van der Waals surface area contributed by atoms with E-state index in [1.807, 2.05) is 13.0 Å². The molecule has 2 aliphatic heterocycles. The van der Waals surface area contributed by atoms with Crippen LogP contribution in [0.2, 0.25) is 0 Å². The van der Waals surface area contributed by atoms with Crippen LogP contribution in [0.3, 0.4) is 0 Å². The quantitative estimate of drug-likeness (QED) is 0.233. The van der Waals surface area contributed by atoms with Crippen LogP contribution >= 0.6 is 7.75 Å². The number of para-hydroxylation sites is 1. The monoisotopic (exact) mass is 591 g/mol. The minimum Gasteiger partial charge on any atom is -0.465 e. The van der Waals surface area contributed by atoms with Crippen molar-refractivity contribution >= 4 is 25.1 Å². The van der Waals surface area contributed by atoms with Crippen molar-refractivity contribution in [1.29, 1.82) is 0 Å². The van der Waals surface area contributed by atoms with E-state index in [9.17, 15) is 9.36 Å². The Hall–Kier alpha value is -3.10. The van der Waals surface area contributed by atoms with E-state index in [0.29, 0.717) is 23.6 Å². The van der Waals surface area contributed by atoms with Gasteiger partial charge in [-0.3, -0.25) is 9.32 Å². The maximum absolute atomic E-state index is 14.0. The van der Waals surface area contributed by atoms with Gasteiger partial charge in [0.15, 0.2) is 5.82 Å². The molecule has 0 aliphatic carbocycles. The fraction of sp³-hybridized carbons (Fsp3) is 0.500. The van der Waals surface area contributed by atoms with E-state index in [0.717, 1.165) is 0 Å². The first kappa shape index (κ1) is 29.4. The smallest absolute Gasteiger partial charge is 0.459 e. The van der Waals surface area contributed by atoms with Gasteiger partial charge in [-0.25, -0.2) is 14.1 Å². The zero-order valence-electron chi connectivity index (χ0n) is 23.2. The van der Waals surface area contributed by atoms with Crippen molar-refractivity contribution < 1.29 is 42.1 Å². The molecule has 1 aromatic carbocycles. The standard InChI is InChI=1S/C26H34N5O9P/c1-5-34-24(32)16(3)30-41(33,40-17-10-8-7-9-11-17)36-14-26(4)22-21(37-25(38-22)35-6-2)20(39-26)18-12-13-19-23(27)28-15-29-31(18)19/h7-13,15-16,20-22,25H,5-6,14H2,1-4H3,(H,30,33)(H2,27,28,29)/t16-,20-,21-,22-,25?,26+,41-/m0/s1. The Balaban J connectivity index is 1.42. The van der Waals surface area contributed by atoms with Gasteiger partial charge in [0.05, 0.1) is 18.9 Å². The van der Waals surface area contributed by atoms with Gasteiger partial charge in [-0.2, -0.15) is 10.2 Å². The van der Waals surface area contributed by atoms with Crippen molar-refractivity contribution in [2.75, 3.05) is 25.6 Å². The van der Waals surface area contributed by atoms with Gasteiger partial charge in [-0.15, -0.1) is 0 Å². The molecule has 2 saturated heterocycles. The number of nitrogens with two attached hydrogens (primary N) is 1. The lowest BCUT2D eigenvalue weighted by Gasteiger charge is -2.31. The molecule has 2 aromatic heterocycles. The Morgan fingerprint density at radius 1 is 1.20 bits per heavy atom. The highest BCUT2D eigenvalue weighted by Crippen LogP contribution is 2.51. The molecular weight excluding hydrogens is 557 g/mol. The predicted molar refractivity (Wildman–Crippen MR) is 145 cm³/mol. The maximum atomic E-state index is 14.0. The van der Waals surface area contributed by atoms with Gasteiger partial charge in [0.2, 0.25) is 0 Å². The minimum atomic E-state index is -4.16. The summed E-state index contributed by atoms with van der Waals surface area (Å²) >= 11 is 0. The van der Waals surface area contributed by atoms with Crippen LogP contribution in [0.1, 0.15) is 39.5 Å². The van der Waals surface area contributed by atoms with Crippen molar-refractivity contribution in [3.8, 4) is 5.75 Å². The summed E-state index contributed by atoms with van der Waals surface area (Å²) < 4.78 is 56.8. The van der Waals surface area contributed by atoms with E-state index in [2.05, 4.69) is 15.2 Å². The number of aromatic nitrogens is 3. The zero-order valence-corrected chi connectivity index (χ0v) is 24.1. The molecule has 0 radical (unpaired) electrons. The number of hydrogen-bond donors (Lipinski definition) is 2. The number of anilines is 1. The molecule has 4 heterocycles. The number of benzene rings is 1. The topological polar surface area (TPSA) is 167 Å². The molecule has 1 unspecified atom stereocenters. The number of fused-ring (bicyclic) bond motifs is 2. The number of nitrogen functional groups attached to an aromatic ring is 1. The highest BCUT2D eigenvalue weighted by molar-refractivity contribution is 7.52. The Labute approximate surface area is 236 Å². The summed E-state index contributed by atoms with van der Waals surface area (Å²) in [5, 5.41) is 7.00. The number of esters is 1. The van der Waals surface area contributed by atoms with Gasteiger partial charge in [0, 0.05) is 6.61 Å². The average Bonchev–Trinajstić information content (AvgIpc) is 3.63. The van der Waals surface area contributed by atoms with E-state index in [1.165, 1.54) is 13.3 Å². The summed E-state index contributed by atoms with van der Waals surface area (Å²) in [4.78, 5) is 16.4. The van der Waals surface area contributed by atoms with Crippen LogP contribution in [0.4, 0.5) is 5.82 Å². The van der Waals surface area contributed by atoms with Gasteiger partial charge < -0.3 is 33.9 Å². The van der Waals surface area contributed by atoms with E-state index in [4.69, 9.17) is 38.5 Å². The lowest BCUT2D eigenvalue weighted by atomic mass is 9.97. The minimum absolute atomic E-state index is 0.162. The zero-order chi connectivity index (χ0) is 29.2. The summed E-state index contributed by atoms with van der Waals surface area (Å²) in [7, 11) is -4.16. The third-order valence-corrected chi connectivity index (χ3v) is 8.33. The highest BCUT2D eigenvalue weighted by Gasteiger charge is 2.61. The first-order valence-corrected chi connectivity index (χ1v) is 14.8. The Morgan fingerprint density at radius 3 is 2.71 bits per heavy atom. The Bertz CT molecular complexity index is 1410. The normalized spacial score (nSPS) is 27.8. The van der Waals surface area contributed by atoms with Gasteiger partial charge in [0.25, 0.3) is 6.48 Å². The van der Waals surface area contributed by atoms with Gasteiger partial charge in [0.1, 0.15) is 47.5 Å². The van der Waals surface area contributed by atoms with E-state index in [-0.39, 0.29) is 19.0 Å². The second-order valence-corrected chi connectivity index (χ2v) is 11.4. The molecule has 3 aromatic rings. The van der Waals surface area contributed by atoms with E-state index >= 15 is 0 Å².